The summed E-state index contributed by atoms with van der Waals surface area (Å²) in [5.41, 5.74) is 2.76. The molecule has 0 saturated heterocycles. The predicted molar refractivity (Wildman–Crippen MR) is 105 cm³/mol. The zero-order chi connectivity index (χ0) is 18.1. The van der Waals surface area contributed by atoms with Crippen LogP contribution in [0.25, 0.3) is 11.0 Å². The van der Waals surface area contributed by atoms with E-state index >= 15 is 0 Å². The van der Waals surface area contributed by atoms with Crippen molar-refractivity contribution in [3.63, 3.8) is 0 Å². The third-order valence-corrected chi connectivity index (χ3v) is 7.72. The topological polar surface area (TPSA) is 59.8 Å². The number of fused-ring (bicyclic) bond motifs is 1. The molecule has 4 aliphatic carbocycles. The minimum Gasteiger partial charge on any atom is -0.325 e. The van der Waals surface area contributed by atoms with Crippen LogP contribution in [-0.4, -0.2) is 25.0 Å². The fraction of sp³-hybridized carbons (Fsp3) is 0.650. The molecule has 0 radical (unpaired) electrons. The molecule has 26 heavy (non-hydrogen) atoms. The van der Waals surface area contributed by atoms with E-state index < -0.39 is 0 Å². The van der Waals surface area contributed by atoms with Gasteiger partial charge in [0.15, 0.2) is 5.65 Å². The van der Waals surface area contributed by atoms with Gasteiger partial charge in [0.05, 0.1) is 17.6 Å². The van der Waals surface area contributed by atoms with Crippen LogP contribution in [0.3, 0.4) is 0 Å². The number of alkyl halides is 1. The van der Waals surface area contributed by atoms with Crippen LogP contribution >= 0.6 is 15.9 Å². The van der Waals surface area contributed by atoms with Crippen LogP contribution < -0.4 is 5.32 Å². The number of nitrogens with one attached hydrogen (secondary N) is 1. The number of rotatable bonds is 3. The number of anilines is 1. The molecule has 6 heteroatoms. The number of hydrogen-bond donors (Lipinski definition) is 1. The van der Waals surface area contributed by atoms with Gasteiger partial charge in [0, 0.05) is 23.2 Å². The van der Waals surface area contributed by atoms with Gasteiger partial charge in [-0.2, -0.15) is 5.10 Å². The number of nitrogens with zero attached hydrogens (tertiary/aromatic N) is 3. The molecule has 0 spiro atoms. The highest BCUT2D eigenvalue weighted by atomic mass is 79.9. The summed E-state index contributed by atoms with van der Waals surface area (Å²) < 4.78 is 2.08. The molecule has 6 rings (SSSR count). The maximum Gasteiger partial charge on any atom is 0.224 e. The first kappa shape index (κ1) is 16.7. The Morgan fingerprint density at radius 1 is 1.35 bits per heavy atom. The molecule has 4 saturated carbocycles. The lowest BCUT2D eigenvalue weighted by molar-refractivity contribution is -0.123. The van der Waals surface area contributed by atoms with Crippen molar-refractivity contribution in [3.05, 3.63) is 18.0 Å². The molecule has 2 unspecified atom stereocenters. The molecule has 1 N–H and O–H groups in total. The van der Waals surface area contributed by atoms with Crippen LogP contribution in [-0.2, 0) is 11.8 Å². The SMILES string of the molecule is Cc1nn(C)c2ncc(NC(=O)CC34CC5CC(CC(Br)(C5)C3)C4)cc12. The highest BCUT2D eigenvalue weighted by molar-refractivity contribution is 9.10. The van der Waals surface area contributed by atoms with Gasteiger partial charge >= 0.3 is 0 Å². The van der Waals surface area contributed by atoms with Crippen molar-refractivity contribution in [2.75, 3.05) is 5.32 Å². The van der Waals surface area contributed by atoms with Crippen molar-refractivity contribution in [3.8, 4) is 0 Å². The van der Waals surface area contributed by atoms with Crippen LogP contribution in [0.15, 0.2) is 12.3 Å². The summed E-state index contributed by atoms with van der Waals surface area (Å²) in [5, 5.41) is 8.51. The number of carbonyl (C=O) groups is 1. The van der Waals surface area contributed by atoms with Crippen LogP contribution in [0.1, 0.15) is 50.6 Å². The summed E-state index contributed by atoms with van der Waals surface area (Å²) in [7, 11) is 1.89. The maximum atomic E-state index is 12.9. The molecule has 0 aromatic carbocycles. The lowest BCUT2D eigenvalue weighted by Crippen LogP contribution is -2.53. The quantitative estimate of drug-likeness (QED) is 0.756. The first-order chi connectivity index (χ1) is 12.3. The molecular weight excluding hydrogens is 392 g/mol. The molecule has 4 aliphatic rings. The van der Waals surface area contributed by atoms with Crippen molar-refractivity contribution in [1.82, 2.24) is 14.8 Å². The summed E-state index contributed by atoms with van der Waals surface area (Å²) >= 11 is 4.04. The number of aryl methyl sites for hydroxylation is 2. The second kappa shape index (κ2) is 5.54. The lowest BCUT2D eigenvalue weighted by Gasteiger charge is -2.60. The second-order valence-electron chi connectivity index (χ2n) is 9.14. The molecule has 5 nitrogen and oxygen atoms in total. The molecule has 2 atom stereocenters. The zero-order valence-corrected chi connectivity index (χ0v) is 17.0. The molecule has 4 bridgehead atoms. The Labute approximate surface area is 162 Å². The van der Waals surface area contributed by atoms with E-state index in [1.807, 2.05) is 20.0 Å². The Balaban J connectivity index is 1.34. The van der Waals surface area contributed by atoms with Gasteiger partial charge in [0.2, 0.25) is 5.91 Å². The molecular formula is C20H25BrN4O. The summed E-state index contributed by atoms with van der Waals surface area (Å²) in [6, 6.07) is 1.99. The van der Waals surface area contributed by atoms with Crippen molar-refractivity contribution < 1.29 is 4.79 Å². The normalized spacial score (nSPS) is 35.2. The van der Waals surface area contributed by atoms with Gasteiger partial charge in [0.25, 0.3) is 0 Å². The maximum absolute atomic E-state index is 12.9. The molecule has 0 aliphatic heterocycles. The first-order valence-electron chi connectivity index (χ1n) is 9.61. The lowest BCUT2D eigenvalue weighted by atomic mass is 9.48. The number of pyridine rings is 1. The summed E-state index contributed by atoms with van der Waals surface area (Å²) in [6.07, 6.45) is 9.95. The fourth-order valence-corrected chi connectivity index (χ4v) is 7.98. The number of hydrogen-bond acceptors (Lipinski definition) is 3. The van der Waals surface area contributed by atoms with E-state index in [4.69, 9.17) is 0 Å². The van der Waals surface area contributed by atoms with E-state index in [0.29, 0.717) is 10.7 Å². The number of carbonyl (C=O) groups excluding carboxylic acids is 1. The van der Waals surface area contributed by atoms with Crippen molar-refractivity contribution in [2.24, 2.45) is 24.3 Å². The highest BCUT2D eigenvalue weighted by Crippen LogP contribution is 2.65. The van der Waals surface area contributed by atoms with E-state index in [9.17, 15) is 4.79 Å². The minimum absolute atomic E-state index is 0.130. The van der Waals surface area contributed by atoms with Crippen LogP contribution in [0.4, 0.5) is 5.69 Å². The predicted octanol–water partition coefficient (Wildman–Crippen LogP) is 4.34. The summed E-state index contributed by atoms with van der Waals surface area (Å²) in [6.45, 7) is 1.97. The molecule has 138 valence electrons. The number of aromatic nitrogens is 3. The standard InChI is InChI=1S/C20H25BrN4O/c1-12-16-4-15(10-22-18(16)25(2)24-12)23-17(26)9-19-5-13-3-14(6-19)8-20(21,7-13)11-19/h4,10,13-14H,3,5-9,11H2,1-2H3,(H,23,26). The third-order valence-electron chi connectivity index (χ3n) is 6.79. The van der Waals surface area contributed by atoms with Gasteiger partial charge < -0.3 is 5.32 Å². The van der Waals surface area contributed by atoms with Crippen LogP contribution in [0.5, 0.6) is 0 Å². The van der Waals surface area contributed by atoms with Crippen molar-refractivity contribution in [1.29, 1.82) is 0 Å². The zero-order valence-electron chi connectivity index (χ0n) is 15.4. The first-order valence-corrected chi connectivity index (χ1v) is 10.4. The van der Waals surface area contributed by atoms with E-state index in [-0.39, 0.29) is 11.3 Å². The Kier molecular flexibility index (Phi) is 3.56. The highest BCUT2D eigenvalue weighted by Gasteiger charge is 2.57. The molecule has 1 amide bonds. The largest absolute Gasteiger partial charge is 0.325 e. The number of amides is 1. The molecule has 2 heterocycles. The third kappa shape index (κ3) is 2.68. The van der Waals surface area contributed by atoms with E-state index in [1.165, 1.54) is 32.1 Å². The molecule has 2 aromatic rings. The van der Waals surface area contributed by atoms with Gasteiger partial charge in [-0.05, 0) is 68.8 Å². The monoisotopic (exact) mass is 416 g/mol. The number of halogens is 1. The molecule has 2 aromatic heterocycles. The second-order valence-corrected chi connectivity index (χ2v) is 10.8. The summed E-state index contributed by atoms with van der Waals surface area (Å²) in [4.78, 5) is 17.3. The molecule has 4 fully saturated rings. The van der Waals surface area contributed by atoms with Crippen molar-refractivity contribution >= 4 is 38.6 Å². The Morgan fingerprint density at radius 3 is 2.77 bits per heavy atom. The van der Waals surface area contributed by atoms with Gasteiger partial charge in [-0.15, -0.1) is 0 Å². The smallest absolute Gasteiger partial charge is 0.224 e. The van der Waals surface area contributed by atoms with Crippen LogP contribution in [0.2, 0.25) is 0 Å². The average molecular weight is 417 g/mol. The van der Waals surface area contributed by atoms with E-state index in [2.05, 4.69) is 31.3 Å². The Morgan fingerprint density at radius 2 is 2.08 bits per heavy atom. The van der Waals surface area contributed by atoms with Gasteiger partial charge in [-0.25, -0.2) is 4.98 Å². The summed E-state index contributed by atoms with van der Waals surface area (Å²) in [5.74, 6) is 1.74. The van der Waals surface area contributed by atoms with E-state index in [0.717, 1.165) is 40.7 Å². The Hall–Kier alpha value is -1.43. The Bertz CT molecular complexity index is 891. The van der Waals surface area contributed by atoms with E-state index in [1.54, 1.807) is 10.9 Å². The average Bonchev–Trinajstić information content (AvgIpc) is 2.78. The fourth-order valence-electron chi connectivity index (χ4n) is 6.46. The minimum atomic E-state index is 0.130. The van der Waals surface area contributed by atoms with Crippen molar-refractivity contribution in [2.45, 2.75) is 56.2 Å². The van der Waals surface area contributed by atoms with Gasteiger partial charge in [0.1, 0.15) is 0 Å². The van der Waals surface area contributed by atoms with Gasteiger partial charge in [-0.3, -0.25) is 9.48 Å². The van der Waals surface area contributed by atoms with Crippen LogP contribution in [0, 0.1) is 24.2 Å². The van der Waals surface area contributed by atoms with Gasteiger partial charge in [-0.1, -0.05) is 15.9 Å².